The first-order chi connectivity index (χ1) is 23.9. The highest BCUT2D eigenvalue weighted by molar-refractivity contribution is 6.50. The third-order valence-electron chi connectivity index (χ3n) is 8.56. The molecule has 0 aromatic rings. The quantitative estimate of drug-likeness (QED) is 0.126. The molecule has 0 aromatic heterocycles. The van der Waals surface area contributed by atoms with Crippen LogP contribution in [0.1, 0.15) is 138 Å². The van der Waals surface area contributed by atoms with E-state index in [1.807, 2.05) is 0 Å². The highest BCUT2D eigenvalue weighted by Crippen LogP contribution is 2.24. The molecule has 0 amide bonds. The fourth-order valence-corrected chi connectivity index (χ4v) is 11.4. The Labute approximate surface area is 347 Å². The zero-order valence-electron chi connectivity index (χ0n) is 41.9. The Bertz CT molecular complexity index is 675. The molecule has 0 aliphatic carbocycles. The molecule has 9 nitrogen and oxygen atoms in total. The van der Waals surface area contributed by atoms with Crippen molar-refractivity contribution in [1.29, 1.82) is 0 Å². The standard InChI is InChI=1S/C10H24Si.C9H25N3Si.C8H22N2Si.C7H19N3.C6H17NSi/c1-9(2,3)7-11-8-10(4,5)6;1-7(2)10-13(11-8(3)4)12-9(5)6;1-5-9(6-2)11-10(7-3)8-4;1-8(2)7(9(3)4)10(5)6;1-5(2)7(8)6(3)4/h7-8,11H2,1-6H3;7-13H,1-6H3;5-8,11H2,1-4H3;7H,1-6H3;5-6H,1-4,8H3. The van der Waals surface area contributed by atoms with Crippen LogP contribution in [0.25, 0.3) is 0 Å². The zero-order valence-corrected chi connectivity index (χ0v) is 47.9. The lowest BCUT2D eigenvalue weighted by atomic mass is 10.00. The Morgan fingerprint density at radius 2 is 0.755 bits per heavy atom. The monoisotopic (exact) mass is 826 g/mol. The largest absolute Gasteiger partial charge is 0.328 e. The summed E-state index contributed by atoms with van der Waals surface area (Å²) in [5.74, 6) is 0. The van der Waals surface area contributed by atoms with Crippen LogP contribution in [-0.2, 0) is 0 Å². The second kappa shape index (κ2) is 35.7. The maximum atomic E-state index is 3.56. The summed E-state index contributed by atoms with van der Waals surface area (Å²) in [5, 5.41) is 0. The van der Waals surface area contributed by atoms with E-state index in [0.717, 1.165) is 12.1 Å². The average molecular weight is 827 g/mol. The van der Waals surface area contributed by atoms with Gasteiger partial charge in [0.15, 0.2) is 9.84 Å². The van der Waals surface area contributed by atoms with Crippen molar-refractivity contribution in [2.24, 2.45) is 10.8 Å². The Kier molecular flexibility index (Phi) is 42.2. The van der Waals surface area contributed by atoms with Gasteiger partial charge in [-0.1, -0.05) is 151 Å². The number of hydrogen-bond donors (Lipinski definition) is 3. The van der Waals surface area contributed by atoms with Crippen LogP contribution in [0.5, 0.6) is 0 Å². The van der Waals surface area contributed by atoms with Crippen molar-refractivity contribution in [1.82, 2.24) is 43.3 Å². The molecule has 328 valence electrons. The van der Waals surface area contributed by atoms with Gasteiger partial charge in [0, 0.05) is 9.52 Å². The van der Waals surface area contributed by atoms with Crippen molar-refractivity contribution in [3.05, 3.63) is 0 Å². The van der Waals surface area contributed by atoms with Gasteiger partial charge in [-0.05, 0) is 110 Å². The van der Waals surface area contributed by atoms with Crippen LogP contribution >= 0.6 is 0 Å². The fourth-order valence-electron chi connectivity index (χ4n) is 5.41. The molecule has 53 heavy (non-hydrogen) atoms. The van der Waals surface area contributed by atoms with E-state index in [9.17, 15) is 0 Å². The van der Waals surface area contributed by atoms with E-state index in [0.29, 0.717) is 35.2 Å². The molecule has 0 atom stereocenters. The van der Waals surface area contributed by atoms with Crippen LogP contribution in [-0.4, -0.2) is 172 Å². The maximum absolute atomic E-state index is 3.56. The number of nitrogens with zero attached hydrogens (tertiary/aromatic N) is 6. The van der Waals surface area contributed by atoms with Gasteiger partial charge >= 0.3 is 0 Å². The molecule has 0 unspecified atom stereocenters. The topological polar surface area (TPSA) is 55.5 Å². The Morgan fingerprint density at radius 3 is 0.868 bits per heavy atom. The van der Waals surface area contributed by atoms with E-state index in [1.165, 1.54) is 48.7 Å². The Balaban J connectivity index is -0.000000183. The Hall–Kier alpha value is 0.508. The lowest BCUT2D eigenvalue weighted by molar-refractivity contribution is 0.00961. The van der Waals surface area contributed by atoms with Crippen LogP contribution in [0.15, 0.2) is 0 Å². The summed E-state index contributed by atoms with van der Waals surface area (Å²) in [6.45, 7) is 50.1. The van der Waals surface area contributed by atoms with Crippen molar-refractivity contribution >= 4 is 39.0 Å². The summed E-state index contributed by atoms with van der Waals surface area (Å²) in [5.41, 5.74) is 1.16. The molecule has 0 aliphatic rings. The van der Waals surface area contributed by atoms with E-state index in [1.54, 1.807) is 0 Å². The minimum Gasteiger partial charge on any atom is -0.328 e. The fraction of sp³-hybridized carbons (Fsp3) is 1.00. The van der Waals surface area contributed by atoms with Crippen molar-refractivity contribution in [3.63, 3.8) is 0 Å². The molecule has 0 aromatic carbocycles. The first-order valence-corrected chi connectivity index (χ1v) is 27.3. The molecule has 13 heteroatoms. The van der Waals surface area contributed by atoms with Crippen LogP contribution < -0.4 is 14.9 Å². The van der Waals surface area contributed by atoms with Gasteiger partial charge in [-0.25, -0.2) is 0 Å². The van der Waals surface area contributed by atoms with Gasteiger partial charge in [0.1, 0.15) is 6.29 Å². The molecule has 0 saturated carbocycles. The molecule has 0 rings (SSSR count). The number of rotatable bonds is 19. The first kappa shape index (κ1) is 62.7. The smallest absolute Gasteiger partial charge is 0.265 e. The van der Waals surface area contributed by atoms with Gasteiger partial charge in [0.2, 0.25) is 0 Å². The van der Waals surface area contributed by atoms with Crippen molar-refractivity contribution in [2.45, 2.75) is 187 Å². The second-order valence-corrected chi connectivity index (χ2v) is 25.9. The number of nitrogens with one attached hydrogen (secondary N) is 3. The lowest BCUT2D eigenvalue weighted by Crippen LogP contribution is -2.63. The van der Waals surface area contributed by atoms with E-state index in [4.69, 9.17) is 0 Å². The van der Waals surface area contributed by atoms with Gasteiger partial charge in [-0.15, -0.1) is 0 Å². The van der Waals surface area contributed by atoms with Gasteiger partial charge < -0.3 is 28.6 Å². The minimum atomic E-state index is -1.16. The van der Waals surface area contributed by atoms with Crippen LogP contribution in [0.4, 0.5) is 0 Å². The highest BCUT2D eigenvalue weighted by atomic mass is 28.3. The third-order valence-corrected chi connectivity index (χ3v) is 19.9. The number of hydrogen-bond acceptors (Lipinski definition) is 9. The van der Waals surface area contributed by atoms with Gasteiger partial charge in [-0.2, -0.15) is 0 Å². The van der Waals surface area contributed by atoms with Gasteiger partial charge in [0.25, 0.3) is 9.28 Å². The minimum absolute atomic E-state index is 0.0941. The highest BCUT2D eigenvalue weighted by Gasteiger charge is 2.16. The molecule has 0 aliphatic heterocycles. The predicted octanol–water partition coefficient (Wildman–Crippen LogP) is 4.79. The normalized spacial score (nSPS) is 12.5. The summed E-state index contributed by atoms with van der Waals surface area (Å²) in [6, 6.07) is 6.11. The van der Waals surface area contributed by atoms with E-state index in [2.05, 4.69) is 224 Å². The molecular weight excluding hydrogens is 719 g/mol. The molecule has 0 heterocycles. The first-order valence-electron chi connectivity index (χ1n) is 21.4. The van der Waals surface area contributed by atoms with E-state index < -0.39 is 9.28 Å². The van der Waals surface area contributed by atoms with Crippen molar-refractivity contribution in [3.8, 4) is 0 Å². The molecule has 0 spiro atoms. The summed E-state index contributed by atoms with van der Waals surface area (Å²) in [4.78, 5) is 17.2. The van der Waals surface area contributed by atoms with E-state index in [-0.39, 0.29) is 19.4 Å². The zero-order chi connectivity index (χ0) is 43.3. The van der Waals surface area contributed by atoms with Crippen molar-refractivity contribution in [2.75, 3.05) is 68.5 Å². The summed E-state index contributed by atoms with van der Waals surface area (Å²) in [7, 11) is 12.6. The third kappa shape index (κ3) is 48.6. The van der Waals surface area contributed by atoms with Gasteiger partial charge in [-0.3, -0.25) is 14.7 Å². The Morgan fingerprint density at radius 1 is 0.509 bits per heavy atom. The van der Waals surface area contributed by atoms with Crippen LogP contribution in [0.3, 0.4) is 0 Å². The summed E-state index contributed by atoms with van der Waals surface area (Å²) < 4.78 is 7.62. The predicted molar refractivity (Wildman–Crippen MR) is 260 cm³/mol. The molecule has 3 N–H and O–H groups in total. The SMILES string of the molecule is CC(C)(C)C[SiH2]CC(C)(C)C.CC(C)N([SiH3])C(C)C.CC(C)N[SiH](NC(C)C)NC(C)C.CCN(CC)[SiH2]N(CC)CC.CN(C)C(N(C)C)N(C)C. The van der Waals surface area contributed by atoms with Gasteiger partial charge in [0.05, 0.1) is 10.4 Å². The summed E-state index contributed by atoms with van der Waals surface area (Å²) in [6.07, 6.45) is 0.389. The lowest BCUT2D eigenvalue weighted by Gasteiger charge is -2.35. The maximum Gasteiger partial charge on any atom is 0.265 e. The van der Waals surface area contributed by atoms with E-state index >= 15 is 0 Å². The summed E-state index contributed by atoms with van der Waals surface area (Å²) >= 11 is 0. The van der Waals surface area contributed by atoms with Crippen LogP contribution in [0, 0.1) is 10.8 Å². The van der Waals surface area contributed by atoms with Crippen LogP contribution in [0.2, 0.25) is 12.1 Å². The van der Waals surface area contributed by atoms with Crippen molar-refractivity contribution < 1.29 is 0 Å². The average Bonchev–Trinajstić information content (AvgIpc) is 2.95. The molecule has 0 fully saturated rings. The molecular formula is C40H107N9Si4. The second-order valence-electron chi connectivity index (χ2n) is 19.2. The molecule has 0 saturated heterocycles. The molecule has 0 bridgehead atoms. The molecule has 0 radical (unpaired) electrons.